The summed E-state index contributed by atoms with van der Waals surface area (Å²) in [6.07, 6.45) is 1.75. The van der Waals surface area contributed by atoms with E-state index >= 15 is 0 Å². The lowest BCUT2D eigenvalue weighted by atomic mass is 9.97. The average molecular weight is 398 g/mol. The summed E-state index contributed by atoms with van der Waals surface area (Å²) < 4.78 is 1.34. The zero-order chi connectivity index (χ0) is 19.8. The molecule has 1 aromatic carbocycles. The average Bonchev–Trinajstić information content (AvgIpc) is 3.09. The number of rotatable bonds is 3. The maximum atomic E-state index is 12.9. The molecule has 3 aromatic rings. The maximum absolute atomic E-state index is 12.9. The van der Waals surface area contributed by atoms with E-state index in [1.165, 1.54) is 21.9 Å². The van der Waals surface area contributed by atoms with E-state index in [1.807, 2.05) is 32.0 Å². The lowest BCUT2D eigenvalue weighted by Gasteiger charge is -2.31. The number of nitrogens with zero attached hydrogens (tertiary/aromatic N) is 4. The Morgan fingerprint density at radius 3 is 2.89 bits per heavy atom. The number of aryl methyl sites for hydroxylation is 3. The van der Waals surface area contributed by atoms with Crippen LogP contribution in [-0.4, -0.2) is 33.6 Å². The fourth-order valence-corrected chi connectivity index (χ4v) is 4.50. The number of aromatic nitrogens is 3. The number of amides is 1. The maximum Gasteiger partial charge on any atom is 0.275 e. The van der Waals surface area contributed by atoms with Crippen LogP contribution in [0.25, 0.3) is 4.96 Å². The molecule has 0 aliphatic carbocycles. The van der Waals surface area contributed by atoms with Crippen LogP contribution in [0.3, 0.4) is 0 Å². The topological polar surface area (TPSA) is 79.6 Å². The summed E-state index contributed by atoms with van der Waals surface area (Å²) in [7, 11) is 0. The summed E-state index contributed by atoms with van der Waals surface area (Å²) in [6, 6.07) is 7.54. The Hall–Kier alpha value is -2.74. The quantitative estimate of drug-likeness (QED) is 0.735. The Balaban J connectivity index is 1.53. The molecule has 1 atom stereocenters. The van der Waals surface area contributed by atoms with E-state index in [4.69, 9.17) is 0 Å². The number of carbonyl (C=O) groups is 1. The molecule has 2 aromatic heterocycles. The van der Waals surface area contributed by atoms with Gasteiger partial charge in [0.1, 0.15) is 0 Å². The van der Waals surface area contributed by atoms with Gasteiger partial charge >= 0.3 is 0 Å². The molecule has 7 nitrogen and oxygen atoms in total. The van der Waals surface area contributed by atoms with Gasteiger partial charge in [-0.25, -0.2) is 4.98 Å². The van der Waals surface area contributed by atoms with E-state index in [9.17, 15) is 9.59 Å². The second kappa shape index (κ2) is 7.35. The molecule has 0 radical (unpaired) electrons. The highest BCUT2D eigenvalue weighted by Gasteiger charge is 2.28. The van der Waals surface area contributed by atoms with Gasteiger partial charge in [-0.1, -0.05) is 23.5 Å². The molecule has 0 bridgehead atoms. The molecule has 3 heterocycles. The first-order valence-corrected chi connectivity index (χ1v) is 10.2. The third-order valence-corrected chi connectivity index (χ3v) is 6.05. The Bertz CT molecular complexity index is 1100. The van der Waals surface area contributed by atoms with Crippen molar-refractivity contribution < 1.29 is 4.79 Å². The molecule has 1 aliphatic heterocycles. The number of piperidine rings is 1. The molecule has 8 heteroatoms. The summed E-state index contributed by atoms with van der Waals surface area (Å²) >= 11 is 1.39. The predicted octanol–water partition coefficient (Wildman–Crippen LogP) is 2.93. The van der Waals surface area contributed by atoms with Crippen LogP contribution >= 0.6 is 11.3 Å². The number of hydrogen-bond donors (Lipinski definition) is 1. The van der Waals surface area contributed by atoms with Gasteiger partial charge < -0.3 is 10.2 Å². The predicted molar refractivity (Wildman–Crippen MR) is 111 cm³/mol. The minimum absolute atomic E-state index is 0.0330. The number of fused-ring (bicyclic) bond motifs is 1. The van der Waals surface area contributed by atoms with Crippen LogP contribution in [0.5, 0.6) is 0 Å². The molecular weight excluding hydrogens is 374 g/mol. The van der Waals surface area contributed by atoms with Crippen LogP contribution in [0.15, 0.2) is 29.1 Å². The molecule has 0 unspecified atom stereocenters. The number of benzene rings is 1. The Labute approximate surface area is 167 Å². The first kappa shape index (κ1) is 18.6. The summed E-state index contributed by atoms with van der Waals surface area (Å²) in [5, 5.41) is 8.26. The van der Waals surface area contributed by atoms with E-state index in [0.717, 1.165) is 41.3 Å². The smallest absolute Gasteiger partial charge is 0.275 e. The standard InChI is InChI=1S/C20H23N5O2S/c1-12-6-7-13(2)16(9-12)22-18(27)15-5-4-8-24(11-15)20-23-25-17(26)10-14(3)21-19(25)28-20/h6-7,9-10,15H,4-5,8,11H2,1-3H3,(H,22,27)/t15-/m0/s1. The zero-order valence-corrected chi connectivity index (χ0v) is 17.0. The molecule has 1 amide bonds. The SMILES string of the molecule is Cc1ccc(C)c(NC(=O)[C@H]2CCCN(c3nn4c(=O)cc(C)nc4s3)C2)c1. The zero-order valence-electron chi connectivity index (χ0n) is 16.2. The van der Waals surface area contributed by atoms with Crippen LogP contribution in [0.4, 0.5) is 10.8 Å². The van der Waals surface area contributed by atoms with E-state index in [2.05, 4.69) is 20.3 Å². The minimum Gasteiger partial charge on any atom is -0.346 e. The normalized spacial score (nSPS) is 17.1. The van der Waals surface area contributed by atoms with Gasteiger partial charge in [-0.05, 0) is 50.8 Å². The van der Waals surface area contributed by atoms with Crippen molar-refractivity contribution in [1.29, 1.82) is 0 Å². The van der Waals surface area contributed by atoms with E-state index in [1.54, 1.807) is 6.92 Å². The first-order chi connectivity index (χ1) is 13.4. The summed E-state index contributed by atoms with van der Waals surface area (Å²) in [5.41, 5.74) is 3.55. The fourth-order valence-electron chi connectivity index (χ4n) is 3.51. The van der Waals surface area contributed by atoms with Gasteiger partial charge in [-0.3, -0.25) is 9.59 Å². The molecule has 1 N–H and O–H groups in total. The van der Waals surface area contributed by atoms with Crippen molar-refractivity contribution in [3.63, 3.8) is 0 Å². The number of carbonyl (C=O) groups excluding carboxylic acids is 1. The van der Waals surface area contributed by atoms with Gasteiger partial charge in [-0.15, -0.1) is 5.10 Å². The van der Waals surface area contributed by atoms with Gasteiger partial charge in [0.15, 0.2) is 0 Å². The summed E-state index contributed by atoms with van der Waals surface area (Å²) in [4.78, 5) is 32.0. The van der Waals surface area contributed by atoms with Crippen LogP contribution in [0, 0.1) is 26.7 Å². The van der Waals surface area contributed by atoms with Crippen LogP contribution < -0.4 is 15.8 Å². The fraction of sp³-hybridized carbons (Fsp3) is 0.400. The largest absolute Gasteiger partial charge is 0.346 e. The van der Waals surface area contributed by atoms with Crippen LogP contribution in [0.2, 0.25) is 0 Å². The lowest BCUT2D eigenvalue weighted by Crippen LogP contribution is -2.41. The van der Waals surface area contributed by atoms with Gasteiger partial charge in [0.2, 0.25) is 16.0 Å². The van der Waals surface area contributed by atoms with Crippen molar-refractivity contribution in [2.24, 2.45) is 5.92 Å². The summed E-state index contributed by atoms with van der Waals surface area (Å²) in [6.45, 7) is 7.22. The minimum atomic E-state index is -0.175. The van der Waals surface area contributed by atoms with Crippen molar-refractivity contribution in [3.8, 4) is 0 Å². The highest BCUT2D eigenvalue weighted by atomic mass is 32.1. The van der Waals surface area contributed by atoms with E-state index in [-0.39, 0.29) is 17.4 Å². The van der Waals surface area contributed by atoms with Gasteiger partial charge in [0.05, 0.1) is 5.92 Å². The molecule has 146 valence electrons. The van der Waals surface area contributed by atoms with Crippen molar-refractivity contribution in [2.75, 3.05) is 23.3 Å². The molecule has 1 aliphatic rings. The van der Waals surface area contributed by atoms with Crippen molar-refractivity contribution >= 4 is 33.0 Å². The molecule has 4 rings (SSSR count). The third kappa shape index (κ3) is 3.64. The number of anilines is 2. The number of hydrogen-bond acceptors (Lipinski definition) is 6. The first-order valence-electron chi connectivity index (χ1n) is 9.41. The van der Waals surface area contributed by atoms with Gasteiger partial charge in [-0.2, -0.15) is 4.52 Å². The van der Waals surface area contributed by atoms with Crippen molar-refractivity contribution in [2.45, 2.75) is 33.6 Å². The Morgan fingerprint density at radius 1 is 1.25 bits per heavy atom. The van der Waals surface area contributed by atoms with E-state index < -0.39 is 0 Å². The molecule has 28 heavy (non-hydrogen) atoms. The Morgan fingerprint density at radius 2 is 2.07 bits per heavy atom. The van der Waals surface area contributed by atoms with Crippen LogP contribution in [-0.2, 0) is 4.79 Å². The van der Waals surface area contributed by atoms with E-state index in [0.29, 0.717) is 17.2 Å². The third-order valence-electron chi connectivity index (χ3n) is 5.08. The molecule has 1 fully saturated rings. The molecular formula is C20H23N5O2S. The lowest BCUT2D eigenvalue weighted by molar-refractivity contribution is -0.120. The Kier molecular flexibility index (Phi) is 4.89. The van der Waals surface area contributed by atoms with Gasteiger partial charge in [0.25, 0.3) is 5.56 Å². The second-order valence-electron chi connectivity index (χ2n) is 7.41. The number of nitrogens with one attached hydrogen (secondary N) is 1. The van der Waals surface area contributed by atoms with Gasteiger partial charge in [0, 0.05) is 30.5 Å². The molecule has 0 spiro atoms. The van der Waals surface area contributed by atoms with Crippen molar-refractivity contribution in [1.82, 2.24) is 14.6 Å². The highest BCUT2D eigenvalue weighted by Crippen LogP contribution is 2.28. The van der Waals surface area contributed by atoms with Crippen LogP contribution in [0.1, 0.15) is 29.7 Å². The molecule has 0 saturated carbocycles. The second-order valence-corrected chi connectivity index (χ2v) is 8.34. The highest BCUT2D eigenvalue weighted by molar-refractivity contribution is 7.20. The monoisotopic (exact) mass is 397 g/mol. The molecule has 1 saturated heterocycles. The van der Waals surface area contributed by atoms with Crippen molar-refractivity contribution in [3.05, 3.63) is 51.4 Å². The summed E-state index contributed by atoms with van der Waals surface area (Å²) in [5.74, 6) is -0.0854.